The summed E-state index contributed by atoms with van der Waals surface area (Å²) in [6, 6.07) is 5.03. The first kappa shape index (κ1) is 23.9. The standard InChI is InChI=1S/C17H12Cl2F4N2O4S/c1-30(28)25-16(27)10-5-11(18)9(6-13(10)20)15(26)24-7-8-2-3-14(12(19)4-8)29-17(21,22)23/h2-6H,7H2,1H3,(H,24,26)(H,25,27). The summed E-state index contributed by atoms with van der Waals surface area (Å²) in [5, 5.41) is 1.83. The van der Waals surface area contributed by atoms with Gasteiger partial charge in [0.1, 0.15) is 22.6 Å². The van der Waals surface area contributed by atoms with Crippen molar-refractivity contribution in [1.82, 2.24) is 10.0 Å². The topological polar surface area (TPSA) is 84.5 Å². The van der Waals surface area contributed by atoms with E-state index in [1.807, 2.05) is 4.72 Å². The molecule has 6 nitrogen and oxygen atoms in total. The first-order chi connectivity index (χ1) is 13.9. The molecule has 0 heterocycles. The molecule has 13 heteroatoms. The minimum atomic E-state index is -4.91. The number of halogens is 6. The van der Waals surface area contributed by atoms with Crippen LogP contribution in [0, 0.1) is 5.82 Å². The van der Waals surface area contributed by atoms with Gasteiger partial charge >= 0.3 is 6.36 Å². The Morgan fingerprint density at radius 3 is 2.30 bits per heavy atom. The first-order valence-corrected chi connectivity index (χ1v) is 10.1. The smallest absolute Gasteiger partial charge is 0.404 e. The Labute approximate surface area is 180 Å². The fourth-order valence-corrected chi connectivity index (χ4v) is 3.08. The normalized spacial score (nSPS) is 12.2. The zero-order valence-electron chi connectivity index (χ0n) is 14.9. The Hall–Kier alpha value is -2.37. The second-order valence-corrected chi connectivity index (χ2v) is 7.62. The van der Waals surface area contributed by atoms with Crippen molar-refractivity contribution in [2.24, 2.45) is 0 Å². The Morgan fingerprint density at radius 2 is 1.73 bits per heavy atom. The van der Waals surface area contributed by atoms with Crippen molar-refractivity contribution in [2.75, 3.05) is 6.26 Å². The van der Waals surface area contributed by atoms with Crippen LogP contribution in [0.25, 0.3) is 0 Å². The van der Waals surface area contributed by atoms with Crippen LogP contribution in [-0.2, 0) is 17.5 Å². The second kappa shape index (κ2) is 9.63. The van der Waals surface area contributed by atoms with E-state index in [2.05, 4.69) is 10.1 Å². The SMILES string of the molecule is CS(=O)NC(=O)c1cc(Cl)c(C(=O)NCc2ccc(OC(F)(F)F)c(Cl)c2)cc1F. The Balaban J connectivity index is 2.11. The van der Waals surface area contributed by atoms with Gasteiger partial charge in [-0.25, -0.2) is 8.60 Å². The molecule has 162 valence electrons. The lowest BCUT2D eigenvalue weighted by Gasteiger charge is -2.12. The summed E-state index contributed by atoms with van der Waals surface area (Å²) >= 11 is 11.7. The molecule has 2 amide bonds. The number of alkyl halides is 3. The van der Waals surface area contributed by atoms with Crippen molar-refractivity contribution in [3.8, 4) is 5.75 Å². The van der Waals surface area contributed by atoms with E-state index >= 15 is 0 Å². The van der Waals surface area contributed by atoms with Crippen molar-refractivity contribution in [3.05, 3.63) is 62.9 Å². The largest absolute Gasteiger partial charge is 0.573 e. The molecule has 0 saturated carbocycles. The first-order valence-electron chi connectivity index (χ1n) is 7.83. The molecular formula is C17H12Cl2F4N2O4S. The molecule has 1 atom stereocenters. The molecule has 0 bridgehead atoms. The van der Waals surface area contributed by atoms with Crippen molar-refractivity contribution < 1.29 is 36.1 Å². The molecule has 0 aromatic heterocycles. The van der Waals surface area contributed by atoms with Crippen molar-refractivity contribution in [2.45, 2.75) is 12.9 Å². The molecule has 0 radical (unpaired) electrons. The molecule has 0 spiro atoms. The lowest BCUT2D eigenvalue weighted by molar-refractivity contribution is -0.274. The summed E-state index contributed by atoms with van der Waals surface area (Å²) in [4.78, 5) is 24.0. The monoisotopic (exact) mass is 486 g/mol. The lowest BCUT2D eigenvalue weighted by atomic mass is 10.1. The molecule has 0 fully saturated rings. The highest BCUT2D eigenvalue weighted by Crippen LogP contribution is 2.30. The molecular weight excluding hydrogens is 475 g/mol. The molecule has 30 heavy (non-hydrogen) atoms. The minimum Gasteiger partial charge on any atom is -0.404 e. The number of amides is 2. The summed E-state index contributed by atoms with van der Waals surface area (Å²) in [6.07, 6.45) is -3.73. The van der Waals surface area contributed by atoms with E-state index < -0.39 is 46.3 Å². The summed E-state index contributed by atoms with van der Waals surface area (Å²) in [6.45, 7) is -0.167. The third-order valence-corrected chi connectivity index (χ3v) is 4.54. The van der Waals surface area contributed by atoms with Gasteiger partial charge in [-0.3, -0.25) is 14.3 Å². The molecule has 0 aliphatic carbocycles. The molecule has 2 rings (SSSR count). The van der Waals surface area contributed by atoms with Crippen LogP contribution < -0.4 is 14.8 Å². The van der Waals surface area contributed by atoms with Crippen LogP contribution in [0.5, 0.6) is 5.75 Å². The van der Waals surface area contributed by atoms with Gasteiger partial charge in [0.25, 0.3) is 11.8 Å². The quantitative estimate of drug-likeness (QED) is 0.604. The summed E-state index contributed by atoms with van der Waals surface area (Å²) in [5.41, 5.74) is -0.453. The molecule has 0 aliphatic rings. The maximum absolute atomic E-state index is 14.2. The van der Waals surface area contributed by atoms with Gasteiger partial charge in [0.2, 0.25) is 0 Å². The Bertz CT molecular complexity index is 1020. The van der Waals surface area contributed by atoms with E-state index in [9.17, 15) is 31.4 Å². The van der Waals surface area contributed by atoms with Gasteiger partial charge in [-0.05, 0) is 29.8 Å². The number of carbonyl (C=O) groups is 2. The second-order valence-electron chi connectivity index (χ2n) is 5.69. The van der Waals surface area contributed by atoms with Crippen molar-refractivity contribution in [3.63, 3.8) is 0 Å². The van der Waals surface area contributed by atoms with Gasteiger partial charge in [-0.15, -0.1) is 13.2 Å². The van der Waals surface area contributed by atoms with E-state index in [4.69, 9.17) is 23.2 Å². The number of rotatable bonds is 6. The maximum atomic E-state index is 14.2. The van der Waals surface area contributed by atoms with E-state index in [-0.39, 0.29) is 22.2 Å². The third kappa shape index (κ3) is 6.57. The van der Waals surface area contributed by atoms with Gasteiger partial charge in [0, 0.05) is 12.8 Å². The van der Waals surface area contributed by atoms with Crippen LogP contribution in [-0.4, -0.2) is 28.6 Å². The highest BCUT2D eigenvalue weighted by molar-refractivity contribution is 7.82. The van der Waals surface area contributed by atoms with Gasteiger partial charge in [-0.2, -0.15) is 0 Å². The van der Waals surface area contributed by atoms with Crippen LogP contribution in [0.2, 0.25) is 10.0 Å². The number of hydrogen-bond donors (Lipinski definition) is 2. The zero-order valence-corrected chi connectivity index (χ0v) is 17.2. The van der Waals surface area contributed by atoms with E-state index in [1.54, 1.807) is 0 Å². The number of hydrogen-bond acceptors (Lipinski definition) is 4. The average Bonchev–Trinajstić information content (AvgIpc) is 2.61. The van der Waals surface area contributed by atoms with E-state index in [1.165, 1.54) is 12.3 Å². The highest BCUT2D eigenvalue weighted by atomic mass is 35.5. The Kier molecular flexibility index (Phi) is 7.67. The predicted molar refractivity (Wildman–Crippen MR) is 102 cm³/mol. The molecule has 2 aromatic rings. The maximum Gasteiger partial charge on any atom is 0.573 e. The zero-order chi connectivity index (χ0) is 22.6. The molecule has 2 aromatic carbocycles. The van der Waals surface area contributed by atoms with Crippen LogP contribution in [0.15, 0.2) is 30.3 Å². The van der Waals surface area contributed by atoms with Crippen molar-refractivity contribution >= 4 is 46.0 Å². The van der Waals surface area contributed by atoms with Crippen molar-refractivity contribution in [1.29, 1.82) is 0 Å². The van der Waals surface area contributed by atoms with Crippen LogP contribution in [0.3, 0.4) is 0 Å². The highest BCUT2D eigenvalue weighted by Gasteiger charge is 2.32. The van der Waals surface area contributed by atoms with Crippen LogP contribution in [0.1, 0.15) is 26.3 Å². The van der Waals surface area contributed by atoms with Gasteiger partial charge < -0.3 is 10.1 Å². The van der Waals surface area contributed by atoms with Gasteiger partial charge in [-0.1, -0.05) is 29.3 Å². The molecule has 0 aliphatic heterocycles. The van der Waals surface area contributed by atoms with Crippen LogP contribution >= 0.6 is 23.2 Å². The van der Waals surface area contributed by atoms with Gasteiger partial charge in [0.15, 0.2) is 0 Å². The molecule has 0 saturated heterocycles. The average molecular weight is 487 g/mol. The number of nitrogens with one attached hydrogen (secondary N) is 2. The molecule has 1 unspecified atom stereocenters. The summed E-state index contributed by atoms with van der Waals surface area (Å²) in [5.74, 6) is -3.45. The van der Waals surface area contributed by atoms with Crippen LogP contribution in [0.4, 0.5) is 17.6 Å². The van der Waals surface area contributed by atoms with E-state index in [0.717, 1.165) is 24.3 Å². The fraction of sp³-hybridized carbons (Fsp3) is 0.176. The number of benzene rings is 2. The summed E-state index contributed by atoms with van der Waals surface area (Å²) < 4.78 is 67.7. The number of ether oxygens (including phenoxy) is 1. The van der Waals surface area contributed by atoms with Gasteiger partial charge in [0.05, 0.1) is 21.2 Å². The minimum absolute atomic E-state index is 0.167. The third-order valence-electron chi connectivity index (χ3n) is 3.46. The summed E-state index contributed by atoms with van der Waals surface area (Å²) in [7, 11) is -1.73. The predicted octanol–water partition coefficient (Wildman–Crippen LogP) is 3.98. The lowest BCUT2D eigenvalue weighted by Crippen LogP contribution is -2.27. The number of carbonyl (C=O) groups excluding carboxylic acids is 2. The van der Waals surface area contributed by atoms with E-state index in [0.29, 0.717) is 5.56 Å². The molecule has 2 N–H and O–H groups in total. The fourth-order valence-electron chi connectivity index (χ4n) is 2.22. The Morgan fingerprint density at radius 1 is 1.07 bits per heavy atom.